The molecule has 2 unspecified atom stereocenters. The van der Waals surface area contributed by atoms with Crippen molar-refractivity contribution < 1.29 is 10.2 Å². The molecule has 2 aliphatic heterocycles. The highest BCUT2D eigenvalue weighted by Crippen LogP contribution is 2.08. The summed E-state index contributed by atoms with van der Waals surface area (Å²) in [6, 6.07) is 0. The molecule has 0 aromatic rings. The number of hydrogen-bond acceptors (Lipinski definition) is 6. The Morgan fingerprint density at radius 3 is 2.00 bits per heavy atom. The first-order valence-corrected chi connectivity index (χ1v) is 10.0. The van der Waals surface area contributed by atoms with Crippen molar-refractivity contribution in [3.8, 4) is 0 Å². The van der Waals surface area contributed by atoms with Gasteiger partial charge in [0.2, 0.25) is 0 Å². The lowest BCUT2D eigenvalue weighted by atomic mass is 10.1. The van der Waals surface area contributed by atoms with Gasteiger partial charge in [-0.15, -0.1) is 11.6 Å². The highest BCUT2D eigenvalue weighted by atomic mass is 35.5. The number of piperidine rings is 2. The van der Waals surface area contributed by atoms with E-state index in [0.717, 1.165) is 77.4 Å². The van der Waals surface area contributed by atoms with Crippen LogP contribution in [0.4, 0.5) is 0 Å². The number of alkyl halides is 1. The molecule has 2 heterocycles. The minimum atomic E-state index is -0.0825. The van der Waals surface area contributed by atoms with Crippen LogP contribution in [-0.4, -0.2) is 117 Å². The van der Waals surface area contributed by atoms with Gasteiger partial charge < -0.3 is 25.3 Å². The van der Waals surface area contributed by atoms with Crippen molar-refractivity contribution in [3.63, 3.8) is 0 Å². The van der Waals surface area contributed by atoms with Gasteiger partial charge in [-0.1, -0.05) is 0 Å². The first-order chi connectivity index (χ1) is 11.8. The average molecular weight is 381 g/mol. The predicted molar refractivity (Wildman–Crippen MR) is 108 cm³/mol. The first kappa shape index (κ1) is 25.1. The molecule has 2 rings (SSSR count). The zero-order valence-corrected chi connectivity index (χ0v) is 17.5. The summed E-state index contributed by atoms with van der Waals surface area (Å²) in [5.74, 6) is 0.729. The van der Waals surface area contributed by atoms with Crippen molar-refractivity contribution in [1.29, 1.82) is 0 Å². The third-order valence-electron chi connectivity index (χ3n) is 4.15. The maximum Gasteiger partial charge on any atom is 0.0667 e. The Hall–Kier alpha value is 0.0500. The number of halogens is 1. The van der Waals surface area contributed by atoms with Crippen molar-refractivity contribution in [2.45, 2.75) is 37.9 Å². The number of likely N-dealkylation sites (tertiary alicyclic amines) is 1. The molecule has 25 heavy (non-hydrogen) atoms. The van der Waals surface area contributed by atoms with Gasteiger partial charge in [0.25, 0.3) is 0 Å². The summed E-state index contributed by atoms with van der Waals surface area (Å²) in [6.45, 7) is 7.05. The van der Waals surface area contributed by atoms with E-state index in [0.29, 0.717) is 0 Å². The van der Waals surface area contributed by atoms with Crippen LogP contribution in [0.2, 0.25) is 0 Å². The van der Waals surface area contributed by atoms with Crippen LogP contribution in [0.5, 0.6) is 0 Å². The van der Waals surface area contributed by atoms with E-state index in [1.54, 1.807) is 0 Å². The summed E-state index contributed by atoms with van der Waals surface area (Å²) in [7, 11) is 8.17. The smallest absolute Gasteiger partial charge is 0.0667 e. The topological polar surface area (TPSA) is 62.2 Å². The Bertz CT molecular complexity index is 290. The van der Waals surface area contributed by atoms with Gasteiger partial charge in [-0.25, -0.2) is 0 Å². The minimum Gasteiger partial charge on any atom is -0.392 e. The Labute approximate surface area is 160 Å². The molecule has 0 amide bonds. The zero-order valence-electron chi connectivity index (χ0n) is 16.8. The van der Waals surface area contributed by atoms with Crippen molar-refractivity contribution in [3.05, 3.63) is 0 Å². The van der Waals surface area contributed by atoms with E-state index in [9.17, 15) is 5.11 Å². The van der Waals surface area contributed by atoms with Crippen molar-refractivity contribution in [1.82, 2.24) is 20.0 Å². The molecule has 0 aromatic heterocycles. The molecular formula is C18H41ClN4O2. The van der Waals surface area contributed by atoms with Crippen LogP contribution in [0.25, 0.3) is 0 Å². The molecule has 3 N–H and O–H groups in total. The number of aliphatic hydroxyl groups is 2. The molecule has 0 spiro atoms. The second-order valence-electron chi connectivity index (χ2n) is 7.39. The first-order valence-electron chi connectivity index (χ1n) is 9.49. The summed E-state index contributed by atoms with van der Waals surface area (Å²) in [5.41, 5.74) is 0. The quantitative estimate of drug-likeness (QED) is 0.604. The van der Waals surface area contributed by atoms with Crippen LogP contribution in [0.3, 0.4) is 0 Å². The number of β-amino-alcohol motifs (C(OH)–C–C–N with tert-alkyl or cyclic N) is 2. The molecule has 0 bridgehead atoms. The highest BCUT2D eigenvalue weighted by Gasteiger charge is 2.16. The molecular weight excluding hydrogens is 340 g/mol. The number of hydrogen-bond donors (Lipinski definition) is 3. The normalized spacial score (nSPS) is 24.4. The molecule has 152 valence electrons. The molecule has 0 aliphatic carbocycles. The fourth-order valence-corrected chi connectivity index (χ4v) is 2.92. The second kappa shape index (κ2) is 16.2. The lowest BCUT2D eigenvalue weighted by molar-refractivity contribution is 0.0674. The minimum absolute atomic E-state index is 0.0752. The van der Waals surface area contributed by atoms with E-state index in [2.05, 4.69) is 29.2 Å². The molecule has 2 saturated heterocycles. The molecule has 2 aliphatic rings. The van der Waals surface area contributed by atoms with Gasteiger partial charge in [0.15, 0.2) is 0 Å². The third-order valence-corrected chi connectivity index (χ3v) is 4.32. The fourth-order valence-electron chi connectivity index (χ4n) is 2.58. The highest BCUT2D eigenvalue weighted by molar-refractivity contribution is 6.18. The lowest BCUT2D eigenvalue weighted by Gasteiger charge is -2.30. The Morgan fingerprint density at radius 2 is 1.64 bits per heavy atom. The summed E-state index contributed by atoms with van der Waals surface area (Å²) < 4.78 is 0. The van der Waals surface area contributed by atoms with Crippen LogP contribution >= 0.6 is 11.6 Å². The predicted octanol–water partition coefficient (Wildman–Crippen LogP) is 0.522. The third kappa shape index (κ3) is 17.2. The molecule has 0 aromatic carbocycles. The lowest BCUT2D eigenvalue weighted by Crippen LogP contribution is -2.41. The van der Waals surface area contributed by atoms with Gasteiger partial charge in [0.1, 0.15) is 0 Å². The molecule has 0 radical (unpaired) electrons. The van der Waals surface area contributed by atoms with Crippen molar-refractivity contribution in [2.75, 3.05) is 79.9 Å². The van der Waals surface area contributed by atoms with Crippen molar-refractivity contribution in [2.24, 2.45) is 0 Å². The maximum atomic E-state index is 9.39. The number of nitrogens with one attached hydrogen (secondary N) is 1. The van der Waals surface area contributed by atoms with Gasteiger partial charge in [-0.05, 0) is 67.0 Å². The molecule has 0 saturated carbocycles. The van der Waals surface area contributed by atoms with Gasteiger partial charge in [0.05, 0.1) is 12.2 Å². The number of nitrogens with zero attached hydrogens (tertiary/aromatic N) is 3. The average Bonchev–Trinajstić information content (AvgIpc) is 2.55. The van der Waals surface area contributed by atoms with E-state index in [1.807, 2.05) is 19.0 Å². The second-order valence-corrected chi connectivity index (χ2v) is 7.77. The standard InChI is InChI=1S/C9H20N2O.C5H11NO.C4H10ClN/c1-10(2)6-7-11-5-3-4-9(12)8-11;7-5-2-1-3-6-4-5;1-6(2)4-3-5/h9,12H,3-8H2,1-2H3;5-7H,1-4H2;3-4H2,1-2H3. The molecule has 6 nitrogen and oxygen atoms in total. The van der Waals surface area contributed by atoms with E-state index in [1.165, 1.54) is 0 Å². The monoisotopic (exact) mass is 380 g/mol. The fraction of sp³-hybridized carbons (Fsp3) is 1.00. The number of likely N-dealkylation sites (N-methyl/N-ethyl adjacent to an activating group) is 1. The van der Waals surface area contributed by atoms with Gasteiger partial charge in [-0.3, -0.25) is 4.90 Å². The van der Waals surface area contributed by atoms with Gasteiger partial charge >= 0.3 is 0 Å². The van der Waals surface area contributed by atoms with Crippen LogP contribution in [-0.2, 0) is 0 Å². The Morgan fingerprint density at radius 1 is 1.00 bits per heavy atom. The van der Waals surface area contributed by atoms with Crippen LogP contribution in [0.15, 0.2) is 0 Å². The number of aliphatic hydroxyl groups excluding tert-OH is 2. The summed E-state index contributed by atoms with van der Waals surface area (Å²) in [5, 5.41) is 21.3. The van der Waals surface area contributed by atoms with E-state index >= 15 is 0 Å². The van der Waals surface area contributed by atoms with Crippen LogP contribution in [0.1, 0.15) is 25.7 Å². The Kier molecular flexibility index (Phi) is 16.3. The van der Waals surface area contributed by atoms with E-state index < -0.39 is 0 Å². The van der Waals surface area contributed by atoms with E-state index in [-0.39, 0.29) is 12.2 Å². The largest absolute Gasteiger partial charge is 0.392 e. The Balaban J connectivity index is 0.000000378. The van der Waals surface area contributed by atoms with Gasteiger partial charge in [0, 0.05) is 38.6 Å². The molecule has 2 atom stereocenters. The molecule has 7 heteroatoms. The summed E-state index contributed by atoms with van der Waals surface area (Å²) in [6.07, 6.45) is 4.08. The van der Waals surface area contributed by atoms with E-state index in [4.69, 9.17) is 16.7 Å². The van der Waals surface area contributed by atoms with Crippen LogP contribution < -0.4 is 5.32 Å². The summed E-state index contributed by atoms with van der Waals surface area (Å²) >= 11 is 5.35. The van der Waals surface area contributed by atoms with Crippen molar-refractivity contribution >= 4 is 11.6 Å². The number of rotatable bonds is 5. The summed E-state index contributed by atoms with van der Waals surface area (Å²) in [4.78, 5) is 6.57. The SMILES string of the molecule is CN(C)CCCl.CN(C)CCN1CCCC(O)C1.OC1CCCNC1. The zero-order chi connectivity index (χ0) is 19.1. The van der Waals surface area contributed by atoms with Gasteiger partial charge in [-0.2, -0.15) is 0 Å². The maximum absolute atomic E-state index is 9.39. The molecule has 2 fully saturated rings. The van der Waals surface area contributed by atoms with Crippen LogP contribution in [0, 0.1) is 0 Å².